The molecule has 0 amide bonds. The van der Waals surface area contributed by atoms with Crippen LogP contribution < -0.4 is 4.90 Å². The van der Waals surface area contributed by atoms with E-state index >= 15 is 0 Å². The lowest BCUT2D eigenvalue weighted by atomic mass is 10.1. The van der Waals surface area contributed by atoms with Crippen LogP contribution in [0, 0.1) is 0 Å². The van der Waals surface area contributed by atoms with Crippen molar-refractivity contribution in [3.8, 4) is 0 Å². The summed E-state index contributed by atoms with van der Waals surface area (Å²) in [5.41, 5.74) is 4.70. The van der Waals surface area contributed by atoms with Crippen molar-refractivity contribution in [1.82, 2.24) is 0 Å². The van der Waals surface area contributed by atoms with Crippen molar-refractivity contribution >= 4 is 61.4 Å². The molecular weight excluding hydrogens is 402 g/mol. The Bertz CT molecular complexity index is 1500. The Labute approximate surface area is 184 Å². The standard InChI is InChI=1S/C28H18ClNO/c29-26-18-23(30(21-11-3-1-4-12-21)22-13-5-2-6-14-22)17-25-24-15-19-9-7-8-10-20(19)16-27(24)31-28(25)26/h1-18H. The quantitative estimate of drug-likeness (QED) is 0.284. The highest BCUT2D eigenvalue weighted by Gasteiger charge is 2.18. The van der Waals surface area contributed by atoms with Crippen LogP contribution in [-0.2, 0) is 0 Å². The number of nitrogens with zero attached hydrogens (tertiary/aromatic N) is 1. The predicted octanol–water partition coefficient (Wildman–Crippen LogP) is 8.86. The number of para-hydroxylation sites is 2. The summed E-state index contributed by atoms with van der Waals surface area (Å²) in [6, 6.07) is 37.4. The molecule has 148 valence electrons. The normalized spacial score (nSPS) is 11.4. The summed E-state index contributed by atoms with van der Waals surface area (Å²) in [6.07, 6.45) is 0. The molecule has 3 heteroatoms. The first-order valence-electron chi connectivity index (χ1n) is 10.2. The van der Waals surface area contributed by atoms with E-state index in [1.807, 2.05) is 48.5 Å². The summed E-state index contributed by atoms with van der Waals surface area (Å²) in [5.74, 6) is 0. The third-order valence-corrected chi connectivity index (χ3v) is 5.95. The third kappa shape index (κ3) is 3.04. The number of furan rings is 1. The van der Waals surface area contributed by atoms with Crippen molar-refractivity contribution < 1.29 is 4.42 Å². The Balaban J connectivity index is 1.64. The maximum atomic E-state index is 6.76. The van der Waals surface area contributed by atoms with Gasteiger partial charge in [0.05, 0.1) is 5.02 Å². The van der Waals surface area contributed by atoms with Crippen LogP contribution >= 0.6 is 11.6 Å². The van der Waals surface area contributed by atoms with Gasteiger partial charge in [-0.25, -0.2) is 0 Å². The van der Waals surface area contributed by atoms with Crippen molar-refractivity contribution in [2.45, 2.75) is 0 Å². The van der Waals surface area contributed by atoms with Crippen molar-refractivity contribution in [3.05, 3.63) is 114 Å². The highest BCUT2D eigenvalue weighted by atomic mass is 35.5. The monoisotopic (exact) mass is 419 g/mol. The molecule has 0 aliphatic rings. The number of rotatable bonds is 3. The molecule has 0 fully saturated rings. The summed E-state index contributed by atoms with van der Waals surface area (Å²) in [7, 11) is 0. The Morgan fingerprint density at radius 2 is 1.13 bits per heavy atom. The average Bonchev–Trinajstić information content (AvgIpc) is 3.17. The zero-order valence-electron chi connectivity index (χ0n) is 16.6. The molecule has 0 saturated heterocycles. The van der Waals surface area contributed by atoms with Gasteiger partial charge in [-0.05, 0) is 59.3 Å². The summed E-state index contributed by atoms with van der Waals surface area (Å²) in [5, 5.41) is 5.02. The van der Waals surface area contributed by atoms with Crippen molar-refractivity contribution in [3.63, 3.8) is 0 Å². The largest absolute Gasteiger partial charge is 0.454 e. The van der Waals surface area contributed by atoms with Gasteiger partial charge in [0.2, 0.25) is 0 Å². The van der Waals surface area contributed by atoms with E-state index in [-0.39, 0.29) is 0 Å². The highest BCUT2D eigenvalue weighted by Crippen LogP contribution is 2.42. The van der Waals surface area contributed by atoms with Crippen LogP contribution in [0.1, 0.15) is 0 Å². The predicted molar refractivity (Wildman–Crippen MR) is 131 cm³/mol. The van der Waals surface area contributed by atoms with Gasteiger partial charge < -0.3 is 9.32 Å². The summed E-state index contributed by atoms with van der Waals surface area (Å²) in [6.45, 7) is 0. The average molecular weight is 420 g/mol. The number of hydrogen-bond donors (Lipinski definition) is 0. The van der Waals surface area contributed by atoms with E-state index in [2.05, 4.69) is 65.6 Å². The van der Waals surface area contributed by atoms with Crippen LogP contribution in [-0.4, -0.2) is 0 Å². The SMILES string of the molecule is Clc1cc(N(c2ccccc2)c2ccccc2)cc2c1oc1cc3ccccc3cc12. The minimum absolute atomic E-state index is 0.601. The number of halogens is 1. The van der Waals surface area contributed by atoms with E-state index in [1.165, 1.54) is 5.39 Å². The molecule has 5 aromatic carbocycles. The van der Waals surface area contributed by atoms with Crippen LogP contribution in [0.2, 0.25) is 5.02 Å². The molecule has 6 rings (SSSR count). The van der Waals surface area contributed by atoms with Gasteiger partial charge in [-0.2, -0.15) is 0 Å². The van der Waals surface area contributed by atoms with Crippen LogP contribution in [0.4, 0.5) is 17.1 Å². The molecule has 6 aromatic rings. The van der Waals surface area contributed by atoms with E-state index in [4.69, 9.17) is 16.0 Å². The third-order valence-electron chi connectivity index (χ3n) is 5.67. The molecular formula is C28H18ClNO. The summed E-state index contributed by atoms with van der Waals surface area (Å²) >= 11 is 6.76. The number of anilines is 3. The van der Waals surface area contributed by atoms with E-state index < -0.39 is 0 Å². The molecule has 0 saturated carbocycles. The maximum Gasteiger partial charge on any atom is 0.154 e. The summed E-state index contributed by atoms with van der Waals surface area (Å²) in [4.78, 5) is 2.21. The van der Waals surface area contributed by atoms with E-state index in [0.29, 0.717) is 5.02 Å². The van der Waals surface area contributed by atoms with Gasteiger partial charge in [0.1, 0.15) is 5.58 Å². The van der Waals surface area contributed by atoms with Gasteiger partial charge in [0, 0.05) is 27.8 Å². The molecule has 0 aliphatic carbocycles. The minimum Gasteiger partial charge on any atom is -0.454 e. The Morgan fingerprint density at radius 1 is 0.548 bits per heavy atom. The topological polar surface area (TPSA) is 16.4 Å². The smallest absolute Gasteiger partial charge is 0.154 e. The molecule has 31 heavy (non-hydrogen) atoms. The number of benzene rings is 5. The Kier molecular flexibility index (Phi) is 4.19. The van der Waals surface area contributed by atoms with Crippen LogP contribution in [0.5, 0.6) is 0 Å². The van der Waals surface area contributed by atoms with E-state index in [9.17, 15) is 0 Å². The molecule has 2 nitrogen and oxygen atoms in total. The first-order chi connectivity index (χ1) is 15.3. The number of hydrogen-bond acceptors (Lipinski definition) is 2. The summed E-state index contributed by atoms with van der Waals surface area (Å²) < 4.78 is 6.19. The van der Waals surface area contributed by atoms with Crippen molar-refractivity contribution in [2.24, 2.45) is 0 Å². The first kappa shape index (κ1) is 18.1. The van der Waals surface area contributed by atoms with Gasteiger partial charge >= 0.3 is 0 Å². The lowest BCUT2D eigenvalue weighted by molar-refractivity contribution is 0.669. The molecule has 0 bridgehead atoms. The van der Waals surface area contributed by atoms with Gasteiger partial charge in [0.15, 0.2) is 5.58 Å². The van der Waals surface area contributed by atoms with Gasteiger partial charge in [0.25, 0.3) is 0 Å². The molecule has 1 heterocycles. The van der Waals surface area contributed by atoms with Gasteiger partial charge in [-0.3, -0.25) is 0 Å². The molecule has 1 aromatic heterocycles. The molecule has 0 unspecified atom stereocenters. The zero-order valence-corrected chi connectivity index (χ0v) is 17.4. The molecule has 0 N–H and O–H groups in total. The lowest BCUT2D eigenvalue weighted by Crippen LogP contribution is -2.09. The van der Waals surface area contributed by atoms with Crippen molar-refractivity contribution in [1.29, 1.82) is 0 Å². The fraction of sp³-hybridized carbons (Fsp3) is 0. The fourth-order valence-electron chi connectivity index (χ4n) is 4.24. The highest BCUT2D eigenvalue weighted by molar-refractivity contribution is 6.36. The fourth-order valence-corrected chi connectivity index (χ4v) is 4.49. The first-order valence-corrected chi connectivity index (χ1v) is 10.6. The molecule has 0 aliphatic heterocycles. The number of fused-ring (bicyclic) bond motifs is 4. The van der Waals surface area contributed by atoms with Crippen molar-refractivity contribution in [2.75, 3.05) is 4.90 Å². The zero-order chi connectivity index (χ0) is 20.8. The molecule has 0 radical (unpaired) electrons. The maximum absolute atomic E-state index is 6.76. The Hall–Kier alpha value is -3.75. The Morgan fingerprint density at radius 3 is 1.77 bits per heavy atom. The van der Waals surface area contributed by atoms with Crippen LogP contribution in [0.15, 0.2) is 114 Å². The van der Waals surface area contributed by atoms with E-state index in [0.717, 1.165) is 44.4 Å². The van der Waals surface area contributed by atoms with Gasteiger partial charge in [-0.15, -0.1) is 0 Å². The second kappa shape index (κ2) is 7.19. The lowest BCUT2D eigenvalue weighted by Gasteiger charge is -2.25. The van der Waals surface area contributed by atoms with Gasteiger partial charge in [-0.1, -0.05) is 72.3 Å². The van der Waals surface area contributed by atoms with E-state index in [1.54, 1.807) is 0 Å². The second-order valence-corrected chi connectivity index (χ2v) is 8.02. The molecule has 0 atom stereocenters. The second-order valence-electron chi connectivity index (χ2n) is 7.61. The molecule has 0 spiro atoms. The minimum atomic E-state index is 0.601. The van der Waals surface area contributed by atoms with Crippen LogP contribution in [0.25, 0.3) is 32.7 Å². The van der Waals surface area contributed by atoms with Crippen LogP contribution in [0.3, 0.4) is 0 Å².